The fourth-order valence-corrected chi connectivity index (χ4v) is 5.63. The Labute approximate surface area is 210 Å². The van der Waals surface area contributed by atoms with E-state index in [4.69, 9.17) is 9.47 Å². The molecule has 0 unspecified atom stereocenters. The smallest absolute Gasteiger partial charge is 0.229 e. The lowest BCUT2D eigenvalue weighted by molar-refractivity contribution is -0.153. The molecule has 5 rings (SSSR count). The molecule has 3 aliphatic rings. The standard InChI is InChI=1S/C26H33FN6O3/c1-25(2)10-19(9-20-4-3-7-33(20)25)30-23-21(27)12-29-24(32-23)31-18-5-6-22(17(8-18)11-28)36-16-26(13-34)14-35-15-26/h5-6,8,12,19-20,34H,3-4,7,9-10,13-16H2,1-2H3,(H2,29,30,31,32)/t19-,20+/m1/s1. The maximum Gasteiger partial charge on any atom is 0.229 e. The third kappa shape index (κ3) is 4.96. The first-order valence-electron chi connectivity index (χ1n) is 12.5. The summed E-state index contributed by atoms with van der Waals surface area (Å²) in [5.41, 5.74) is 0.556. The SMILES string of the molecule is CC1(C)C[C@H](Nc2nc(Nc3ccc(OCC4(CO)COC4)c(C#N)c3)ncc2F)C[C@@H]2CCCN21. The predicted molar refractivity (Wildman–Crippen MR) is 133 cm³/mol. The Kier molecular flexibility index (Phi) is 6.72. The highest BCUT2D eigenvalue weighted by Crippen LogP contribution is 2.38. The highest BCUT2D eigenvalue weighted by molar-refractivity contribution is 5.61. The van der Waals surface area contributed by atoms with Crippen LogP contribution in [0.1, 0.15) is 45.1 Å². The number of benzene rings is 1. The minimum Gasteiger partial charge on any atom is -0.491 e. The van der Waals surface area contributed by atoms with Crippen molar-refractivity contribution in [2.75, 3.05) is 43.6 Å². The van der Waals surface area contributed by atoms with Gasteiger partial charge in [-0.25, -0.2) is 9.37 Å². The number of aromatic nitrogens is 2. The Morgan fingerprint density at radius 1 is 1.36 bits per heavy atom. The number of hydrogen-bond donors (Lipinski definition) is 3. The van der Waals surface area contributed by atoms with E-state index in [1.807, 2.05) is 0 Å². The summed E-state index contributed by atoms with van der Waals surface area (Å²) in [6.07, 6.45) is 5.42. The van der Waals surface area contributed by atoms with Crippen molar-refractivity contribution >= 4 is 17.5 Å². The predicted octanol–water partition coefficient (Wildman–Crippen LogP) is 3.44. The van der Waals surface area contributed by atoms with Gasteiger partial charge in [0.2, 0.25) is 5.95 Å². The summed E-state index contributed by atoms with van der Waals surface area (Å²) < 4.78 is 25.6. The van der Waals surface area contributed by atoms with E-state index >= 15 is 0 Å². The van der Waals surface area contributed by atoms with E-state index < -0.39 is 11.2 Å². The highest BCUT2D eigenvalue weighted by Gasteiger charge is 2.43. The molecule has 10 heteroatoms. The van der Waals surface area contributed by atoms with E-state index in [0.717, 1.165) is 25.6 Å². The summed E-state index contributed by atoms with van der Waals surface area (Å²) in [6.45, 7) is 6.73. The molecule has 0 bridgehead atoms. The number of nitrogens with one attached hydrogen (secondary N) is 2. The van der Waals surface area contributed by atoms with Gasteiger partial charge in [-0.3, -0.25) is 4.90 Å². The normalized spacial score (nSPS) is 24.3. The molecule has 4 heterocycles. The molecule has 9 nitrogen and oxygen atoms in total. The molecule has 3 N–H and O–H groups in total. The number of aliphatic hydroxyl groups is 1. The van der Waals surface area contributed by atoms with Gasteiger partial charge in [-0.1, -0.05) is 0 Å². The van der Waals surface area contributed by atoms with Gasteiger partial charge in [-0.15, -0.1) is 0 Å². The summed E-state index contributed by atoms with van der Waals surface area (Å²) in [4.78, 5) is 11.1. The van der Waals surface area contributed by atoms with Gasteiger partial charge >= 0.3 is 0 Å². The van der Waals surface area contributed by atoms with Crippen LogP contribution in [0.2, 0.25) is 0 Å². The Hall–Kier alpha value is -3.00. The second-order valence-corrected chi connectivity index (χ2v) is 10.9. The number of ether oxygens (including phenoxy) is 2. The third-order valence-electron chi connectivity index (χ3n) is 7.58. The molecule has 192 valence electrons. The van der Waals surface area contributed by atoms with Gasteiger partial charge in [0.05, 0.1) is 37.0 Å². The van der Waals surface area contributed by atoms with Gasteiger partial charge in [0.1, 0.15) is 18.4 Å². The molecule has 3 fully saturated rings. The molecular weight excluding hydrogens is 463 g/mol. The maximum absolute atomic E-state index is 14.6. The lowest BCUT2D eigenvalue weighted by atomic mass is 9.84. The quantitative estimate of drug-likeness (QED) is 0.505. The zero-order valence-electron chi connectivity index (χ0n) is 20.8. The zero-order chi connectivity index (χ0) is 25.3. The van der Waals surface area contributed by atoms with Crippen LogP contribution < -0.4 is 15.4 Å². The summed E-state index contributed by atoms with van der Waals surface area (Å²) >= 11 is 0. The molecule has 2 atom stereocenters. The molecule has 1 aromatic carbocycles. The summed E-state index contributed by atoms with van der Waals surface area (Å²) in [5.74, 6) is 0.342. The minimum atomic E-state index is -0.494. The molecule has 0 saturated carbocycles. The molecule has 3 saturated heterocycles. The Morgan fingerprint density at radius 3 is 2.92 bits per heavy atom. The van der Waals surface area contributed by atoms with Crippen molar-refractivity contribution in [1.82, 2.24) is 14.9 Å². The second-order valence-electron chi connectivity index (χ2n) is 10.9. The Morgan fingerprint density at radius 2 is 2.19 bits per heavy atom. The van der Waals surface area contributed by atoms with Gasteiger partial charge in [0.25, 0.3) is 0 Å². The van der Waals surface area contributed by atoms with Crippen LogP contribution in [0.5, 0.6) is 5.75 Å². The lowest BCUT2D eigenvalue weighted by Gasteiger charge is -2.47. The molecule has 0 aliphatic carbocycles. The van der Waals surface area contributed by atoms with Crippen molar-refractivity contribution in [2.45, 2.75) is 57.2 Å². The molecule has 0 amide bonds. The van der Waals surface area contributed by atoms with Crippen LogP contribution in [-0.4, -0.2) is 70.6 Å². The van der Waals surface area contributed by atoms with E-state index in [-0.39, 0.29) is 36.6 Å². The largest absolute Gasteiger partial charge is 0.491 e. The number of rotatable bonds is 8. The van der Waals surface area contributed by atoms with Crippen LogP contribution in [0.25, 0.3) is 0 Å². The van der Waals surface area contributed by atoms with Gasteiger partial charge in [0.15, 0.2) is 11.6 Å². The molecule has 1 aromatic heterocycles. The number of piperidine rings is 1. The number of fused-ring (bicyclic) bond motifs is 1. The van der Waals surface area contributed by atoms with Crippen LogP contribution in [0.3, 0.4) is 0 Å². The third-order valence-corrected chi connectivity index (χ3v) is 7.58. The molecule has 0 radical (unpaired) electrons. The van der Waals surface area contributed by atoms with E-state index in [9.17, 15) is 14.8 Å². The average molecular weight is 497 g/mol. The monoisotopic (exact) mass is 496 g/mol. The van der Waals surface area contributed by atoms with Gasteiger partial charge in [0, 0.05) is 23.3 Å². The number of anilines is 3. The zero-order valence-corrected chi connectivity index (χ0v) is 20.8. The number of hydrogen-bond acceptors (Lipinski definition) is 9. The Balaban J connectivity index is 1.26. The van der Waals surface area contributed by atoms with Crippen LogP contribution in [-0.2, 0) is 4.74 Å². The minimum absolute atomic E-state index is 0.0376. The van der Waals surface area contributed by atoms with E-state index in [2.05, 4.69) is 45.4 Å². The van der Waals surface area contributed by atoms with Crippen molar-refractivity contribution in [1.29, 1.82) is 5.26 Å². The first-order valence-corrected chi connectivity index (χ1v) is 12.5. The fourth-order valence-electron chi connectivity index (χ4n) is 5.63. The number of halogens is 1. The second kappa shape index (κ2) is 9.81. The van der Waals surface area contributed by atoms with E-state index in [1.165, 1.54) is 12.8 Å². The molecule has 36 heavy (non-hydrogen) atoms. The maximum atomic E-state index is 14.6. The summed E-state index contributed by atoms with van der Waals surface area (Å²) in [7, 11) is 0. The van der Waals surface area contributed by atoms with Crippen molar-refractivity contribution in [3.8, 4) is 11.8 Å². The fraction of sp³-hybridized carbons (Fsp3) is 0.577. The Bertz CT molecular complexity index is 1140. The van der Waals surface area contributed by atoms with Crippen LogP contribution >= 0.6 is 0 Å². The molecule has 0 spiro atoms. The van der Waals surface area contributed by atoms with E-state index in [0.29, 0.717) is 36.3 Å². The average Bonchev–Trinajstić information content (AvgIpc) is 3.31. The number of aliphatic hydroxyl groups excluding tert-OH is 1. The van der Waals surface area contributed by atoms with E-state index in [1.54, 1.807) is 18.2 Å². The first kappa shape index (κ1) is 24.7. The van der Waals surface area contributed by atoms with Crippen LogP contribution in [0.15, 0.2) is 24.4 Å². The molecule has 3 aliphatic heterocycles. The summed E-state index contributed by atoms with van der Waals surface area (Å²) in [5, 5.41) is 25.6. The van der Waals surface area contributed by atoms with Crippen molar-refractivity contribution in [3.63, 3.8) is 0 Å². The van der Waals surface area contributed by atoms with Crippen LogP contribution in [0, 0.1) is 22.6 Å². The highest BCUT2D eigenvalue weighted by atomic mass is 19.1. The molecule has 2 aromatic rings. The van der Waals surface area contributed by atoms with Crippen LogP contribution in [0.4, 0.5) is 21.8 Å². The van der Waals surface area contributed by atoms with Crippen molar-refractivity contribution < 1.29 is 19.0 Å². The first-order chi connectivity index (χ1) is 17.3. The number of nitriles is 1. The lowest BCUT2D eigenvalue weighted by Crippen LogP contribution is -2.55. The van der Waals surface area contributed by atoms with Crippen molar-refractivity contribution in [3.05, 3.63) is 35.8 Å². The number of nitrogens with zero attached hydrogens (tertiary/aromatic N) is 4. The van der Waals surface area contributed by atoms with Gasteiger partial charge in [-0.05, 0) is 64.3 Å². The van der Waals surface area contributed by atoms with Crippen molar-refractivity contribution in [2.24, 2.45) is 5.41 Å². The topological polar surface area (TPSA) is 116 Å². The molecular formula is C26H33FN6O3. The van der Waals surface area contributed by atoms with Gasteiger partial charge < -0.3 is 25.2 Å². The summed E-state index contributed by atoms with van der Waals surface area (Å²) in [6, 6.07) is 7.85. The van der Waals surface area contributed by atoms with Gasteiger partial charge in [-0.2, -0.15) is 10.2 Å².